The highest BCUT2D eigenvalue weighted by Gasteiger charge is 2.27. The molecule has 0 saturated heterocycles. The molecule has 0 unspecified atom stereocenters. The lowest BCUT2D eigenvalue weighted by Crippen LogP contribution is -2.32. The van der Waals surface area contributed by atoms with E-state index in [1.54, 1.807) is 17.4 Å². The summed E-state index contributed by atoms with van der Waals surface area (Å²) in [5.41, 5.74) is 0.476. The lowest BCUT2D eigenvalue weighted by Gasteiger charge is -2.19. The number of rotatable bonds is 5. The monoisotopic (exact) mass is 307 g/mol. The molecular weight excluding hydrogens is 286 g/mol. The van der Waals surface area contributed by atoms with Crippen LogP contribution in [-0.2, 0) is 16.1 Å². The normalized spacial score (nSPS) is 15.2. The number of ketones is 1. The first-order chi connectivity index (χ1) is 9.85. The molecule has 1 N–H and O–H groups in total. The van der Waals surface area contributed by atoms with E-state index in [9.17, 15) is 9.59 Å². The van der Waals surface area contributed by atoms with Crippen molar-refractivity contribution in [1.82, 2.24) is 5.32 Å². The van der Waals surface area contributed by atoms with Crippen molar-refractivity contribution in [2.24, 2.45) is 5.92 Å². The average Bonchev–Trinajstić information content (AvgIpc) is 3.12. The molecular formula is C16H21NO3S. The van der Waals surface area contributed by atoms with Crippen molar-refractivity contribution in [3.8, 4) is 0 Å². The molecule has 1 aliphatic carbocycles. The maximum absolute atomic E-state index is 11.7. The molecule has 0 atom stereocenters. The van der Waals surface area contributed by atoms with E-state index in [0.29, 0.717) is 6.54 Å². The second-order valence-corrected chi connectivity index (χ2v) is 7.17. The number of carbonyl (C=O) groups is 2. The fourth-order valence-electron chi connectivity index (χ4n) is 1.79. The third kappa shape index (κ3) is 5.34. The summed E-state index contributed by atoms with van der Waals surface area (Å²) in [4.78, 5) is 24.3. The van der Waals surface area contributed by atoms with Crippen molar-refractivity contribution in [1.29, 1.82) is 0 Å². The second kappa shape index (κ2) is 6.43. The van der Waals surface area contributed by atoms with Crippen molar-refractivity contribution in [3.05, 3.63) is 28.0 Å². The predicted octanol–water partition coefficient (Wildman–Crippen LogP) is 3.77. The molecule has 0 aliphatic heterocycles. The third-order valence-electron chi connectivity index (χ3n) is 2.98. The summed E-state index contributed by atoms with van der Waals surface area (Å²) in [6.45, 7) is 5.89. The molecule has 114 valence electrons. The topological polar surface area (TPSA) is 55.4 Å². The van der Waals surface area contributed by atoms with Gasteiger partial charge in [-0.25, -0.2) is 4.79 Å². The van der Waals surface area contributed by atoms with Crippen molar-refractivity contribution in [2.45, 2.75) is 45.8 Å². The number of allylic oxidation sites excluding steroid dienone is 1. The first kappa shape index (κ1) is 15.8. The smallest absolute Gasteiger partial charge is 0.407 e. The van der Waals surface area contributed by atoms with E-state index in [1.807, 2.05) is 38.3 Å². The number of hydrogen-bond acceptors (Lipinski definition) is 4. The SMILES string of the molecule is CC(C)(C)OC(=O)NCc1sccc1/C=C/C(=O)C1CC1. The molecule has 0 bridgehead atoms. The second-order valence-electron chi connectivity index (χ2n) is 6.16. The van der Waals surface area contributed by atoms with Gasteiger partial charge in [-0.1, -0.05) is 6.08 Å². The molecule has 2 rings (SSSR count). The van der Waals surface area contributed by atoms with Gasteiger partial charge >= 0.3 is 6.09 Å². The van der Waals surface area contributed by atoms with Gasteiger partial charge in [-0.05, 0) is 56.7 Å². The van der Waals surface area contributed by atoms with Gasteiger partial charge in [0, 0.05) is 10.8 Å². The maximum Gasteiger partial charge on any atom is 0.407 e. The van der Waals surface area contributed by atoms with Gasteiger partial charge in [0.15, 0.2) is 5.78 Å². The highest BCUT2D eigenvalue weighted by atomic mass is 32.1. The number of carbonyl (C=O) groups excluding carboxylic acids is 2. The summed E-state index contributed by atoms with van der Waals surface area (Å²) in [7, 11) is 0. The van der Waals surface area contributed by atoms with E-state index < -0.39 is 11.7 Å². The molecule has 4 nitrogen and oxygen atoms in total. The Labute approximate surface area is 129 Å². The Balaban J connectivity index is 1.88. The van der Waals surface area contributed by atoms with Crippen molar-refractivity contribution >= 4 is 29.3 Å². The van der Waals surface area contributed by atoms with Gasteiger partial charge < -0.3 is 10.1 Å². The first-order valence-corrected chi connectivity index (χ1v) is 7.98. The third-order valence-corrected chi connectivity index (χ3v) is 3.92. The van der Waals surface area contributed by atoms with Gasteiger partial charge in [0.1, 0.15) is 5.60 Å². The number of ether oxygens (including phenoxy) is 1. The molecule has 5 heteroatoms. The molecule has 1 saturated carbocycles. The zero-order valence-corrected chi connectivity index (χ0v) is 13.5. The average molecular weight is 307 g/mol. The van der Waals surface area contributed by atoms with E-state index >= 15 is 0 Å². The molecule has 1 fully saturated rings. The van der Waals surface area contributed by atoms with E-state index in [2.05, 4.69) is 5.32 Å². The van der Waals surface area contributed by atoms with Crippen LogP contribution in [0.2, 0.25) is 0 Å². The van der Waals surface area contributed by atoms with Gasteiger partial charge in [-0.3, -0.25) is 4.79 Å². The summed E-state index contributed by atoms with van der Waals surface area (Å²) in [6, 6.07) is 1.95. The Bertz CT molecular complexity index is 550. The number of amides is 1. The molecule has 1 amide bonds. The molecule has 0 aromatic carbocycles. The van der Waals surface area contributed by atoms with Crippen LogP contribution < -0.4 is 5.32 Å². The Morgan fingerprint density at radius 1 is 1.43 bits per heavy atom. The van der Waals surface area contributed by atoms with Gasteiger partial charge in [-0.2, -0.15) is 0 Å². The van der Waals surface area contributed by atoms with Crippen LogP contribution in [-0.4, -0.2) is 17.5 Å². The summed E-state index contributed by atoms with van der Waals surface area (Å²) in [5.74, 6) is 0.440. The van der Waals surface area contributed by atoms with Crippen LogP contribution in [0.25, 0.3) is 6.08 Å². The fraction of sp³-hybridized carbons (Fsp3) is 0.500. The van der Waals surface area contributed by atoms with Crippen LogP contribution in [0.1, 0.15) is 44.1 Å². The van der Waals surface area contributed by atoms with Gasteiger partial charge in [0.2, 0.25) is 0 Å². The largest absolute Gasteiger partial charge is 0.444 e. The Morgan fingerprint density at radius 2 is 2.14 bits per heavy atom. The summed E-state index contributed by atoms with van der Waals surface area (Å²) >= 11 is 1.55. The number of nitrogens with one attached hydrogen (secondary N) is 1. The zero-order valence-electron chi connectivity index (χ0n) is 12.6. The lowest BCUT2D eigenvalue weighted by atomic mass is 10.2. The molecule has 0 radical (unpaired) electrons. The van der Waals surface area contributed by atoms with E-state index in [4.69, 9.17) is 4.74 Å². The van der Waals surface area contributed by atoms with Crippen LogP contribution in [0.5, 0.6) is 0 Å². The molecule has 21 heavy (non-hydrogen) atoms. The molecule has 1 aromatic rings. The quantitative estimate of drug-likeness (QED) is 0.843. The minimum absolute atomic E-state index is 0.201. The van der Waals surface area contributed by atoms with E-state index in [1.165, 1.54) is 0 Å². The molecule has 1 aliphatic rings. The summed E-state index contributed by atoms with van der Waals surface area (Å²) in [5, 5.41) is 4.69. The fourth-order valence-corrected chi connectivity index (χ4v) is 2.59. The molecule has 1 aromatic heterocycles. The van der Waals surface area contributed by atoms with Crippen molar-refractivity contribution < 1.29 is 14.3 Å². The number of alkyl carbamates (subject to hydrolysis) is 1. The molecule has 1 heterocycles. The minimum atomic E-state index is -0.501. The summed E-state index contributed by atoms with van der Waals surface area (Å²) in [6.07, 6.45) is 5.08. The Kier molecular flexibility index (Phi) is 4.83. The number of thiophene rings is 1. The standard InChI is InChI=1S/C16H21NO3S/c1-16(2,3)20-15(19)17-10-14-12(8-9-21-14)6-7-13(18)11-4-5-11/h6-9,11H,4-5,10H2,1-3H3,(H,17,19)/b7-6+. The van der Waals surface area contributed by atoms with Crippen LogP contribution in [0.15, 0.2) is 17.5 Å². The lowest BCUT2D eigenvalue weighted by molar-refractivity contribution is -0.115. The van der Waals surface area contributed by atoms with Crippen LogP contribution in [0, 0.1) is 5.92 Å². The van der Waals surface area contributed by atoms with Gasteiger partial charge in [-0.15, -0.1) is 11.3 Å². The Hall–Kier alpha value is -1.62. The van der Waals surface area contributed by atoms with Crippen molar-refractivity contribution in [2.75, 3.05) is 0 Å². The highest BCUT2D eigenvalue weighted by molar-refractivity contribution is 7.10. The zero-order chi connectivity index (χ0) is 15.5. The van der Waals surface area contributed by atoms with E-state index in [0.717, 1.165) is 23.3 Å². The highest BCUT2D eigenvalue weighted by Crippen LogP contribution is 2.30. The molecule has 0 spiro atoms. The first-order valence-electron chi connectivity index (χ1n) is 7.10. The van der Waals surface area contributed by atoms with E-state index in [-0.39, 0.29) is 11.7 Å². The summed E-state index contributed by atoms with van der Waals surface area (Å²) < 4.78 is 5.20. The predicted molar refractivity (Wildman–Crippen MR) is 84.2 cm³/mol. The van der Waals surface area contributed by atoms with Crippen LogP contribution in [0.3, 0.4) is 0 Å². The van der Waals surface area contributed by atoms with Crippen LogP contribution in [0.4, 0.5) is 4.79 Å². The minimum Gasteiger partial charge on any atom is -0.444 e. The maximum atomic E-state index is 11.7. The van der Waals surface area contributed by atoms with Crippen LogP contribution >= 0.6 is 11.3 Å². The number of hydrogen-bond donors (Lipinski definition) is 1. The Morgan fingerprint density at radius 3 is 2.76 bits per heavy atom. The van der Waals surface area contributed by atoms with Gasteiger partial charge in [0.05, 0.1) is 6.54 Å². The van der Waals surface area contributed by atoms with Crippen molar-refractivity contribution in [3.63, 3.8) is 0 Å². The van der Waals surface area contributed by atoms with Gasteiger partial charge in [0.25, 0.3) is 0 Å².